The van der Waals surface area contributed by atoms with Gasteiger partial charge in [-0.15, -0.1) is 11.3 Å². The lowest BCUT2D eigenvalue weighted by molar-refractivity contribution is 1.10. The van der Waals surface area contributed by atoms with E-state index in [0.717, 1.165) is 97.7 Å². The quantitative estimate of drug-likeness (QED) is 0.175. The van der Waals surface area contributed by atoms with Crippen LogP contribution in [0.25, 0.3) is 120 Å². The zero-order chi connectivity index (χ0) is 41.8. The van der Waals surface area contributed by atoms with Crippen LogP contribution in [0.5, 0.6) is 0 Å². The van der Waals surface area contributed by atoms with Crippen molar-refractivity contribution in [3.05, 3.63) is 181 Å². The third-order valence-corrected chi connectivity index (χ3v) is 13.4. The number of aromatic nitrogens is 6. The molecule has 7 heterocycles. The van der Waals surface area contributed by atoms with Gasteiger partial charge in [-0.1, -0.05) is 91.0 Å². The van der Waals surface area contributed by atoms with Crippen molar-refractivity contribution in [3.8, 4) is 46.0 Å². The first-order valence-electron chi connectivity index (χ1n) is 20.5. The monoisotopic (exact) mass is 820 g/mol. The van der Waals surface area contributed by atoms with E-state index in [2.05, 4.69) is 165 Å². The van der Waals surface area contributed by atoms with Crippen molar-refractivity contribution < 1.29 is 0 Å². The highest BCUT2D eigenvalue weighted by Gasteiger charge is 2.32. The van der Waals surface area contributed by atoms with Crippen molar-refractivity contribution >= 4 is 97.2 Å². The van der Waals surface area contributed by atoms with Crippen LogP contribution in [0.1, 0.15) is 11.4 Å². The summed E-state index contributed by atoms with van der Waals surface area (Å²) in [5, 5.41) is 26.2. The number of pyridine rings is 4. The Bertz CT molecular complexity index is 4090. The van der Waals surface area contributed by atoms with Gasteiger partial charge in [0.05, 0.1) is 66.9 Å². The topological polar surface area (TPSA) is 109 Å². The van der Waals surface area contributed by atoms with Crippen LogP contribution in [0.3, 0.4) is 0 Å². The molecule has 13 aromatic rings. The first-order valence-corrected chi connectivity index (χ1v) is 21.3. The number of para-hydroxylation sites is 4. The van der Waals surface area contributed by atoms with Crippen LogP contribution in [0.2, 0.25) is 0 Å². The molecule has 0 spiro atoms. The molecule has 0 amide bonds. The van der Waals surface area contributed by atoms with Gasteiger partial charge < -0.3 is 9.13 Å². The van der Waals surface area contributed by atoms with Crippen LogP contribution in [-0.4, -0.2) is 29.1 Å². The highest BCUT2D eigenvalue weighted by molar-refractivity contribution is 7.26. The Kier molecular flexibility index (Phi) is 7.44. The molecule has 0 aliphatic carbocycles. The number of thiophene rings is 1. The summed E-state index contributed by atoms with van der Waals surface area (Å²) < 4.78 is 7.04. The van der Waals surface area contributed by atoms with Crippen LogP contribution in [-0.2, 0) is 0 Å². The van der Waals surface area contributed by atoms with Gasteiger partial charge in [-0.2, -0.15) is 10.5 Å². The fourth-order valence-electron chi connectivity index (χ4n) is 9.60. The predicted octanol–water partition coefficient (Wildman–Crippen LogP) is 13.2. The lowest BCUT2D eigenvalue weighted by Crippen LogP contribution is -2.09. The minimum atomic E-state index is 0.342. The van der Waals surface area contributed by atoms with Gasteiger partial charge in [-0.25, -0.2) is 19.9 Å². The second-order valence-corrected chi connectivity index (χ2v) is 16.6. The number of nitrogens with zero attached hydrogens (tertiary/aromatic N) is 8. The van der Waals surface area contributed by atoms with Crippen LogP contribution in [0.15, 0.2) is 170 Å². The third kappa shape index (κ3) is 5.06. The molecule has 0 atom stereocenters. The SMILES string of the molecule is N#Cc1ccc2nc(-c3c(-n4c5ccccc5c5ccccc54)c(-n4c5ccccc5c5ccccc54)c(-c4ccc5nc(C#N)ccc5n4)c4c3sc3ccccc34)ccc2n1. The average Bonchev–Trinajstić information content (AvgIpc) is 4.00. The Hall–Kier alpha value is -8.76. The number of fused-ring (bicyclic) bond motifs is 11. The molecule has 6 aromatic carbocycles. The summed E-state index contributed by atoms with van der Waals surface area (Å²) >= 11 is 1.75. The lowest BCUT2D eigenvalue weighted by atomic mass is 9.93. The van der Waals surface area contributed by atoms with Crippen molar-refractivity contribution in [2.75, 3.05) is 0 Å². The smallest absolute Gasteiger partial charge is 0.141 e. The van der Waals surface area contributed by atoms with Gasteiger partial charge in [0.1, 0.15) is 23.5 Å². The Morgan fingerprint density at radius 3 is 1.24 bits per heavy atom. The minimum Gasteiger partial charge on any atom is -0.306 e. The zero-order valence-electron chi connectivity index (χ0n) is 33.2. The molecule has 63 heavy (non-hydrogen) atoms. The molecule has 0 fully saturated rings. The number of hydrogen-bond donors (Lipinski definition) is 0. The summed E-state index contributed by atoms with van der Waals surface area (Å²) in [5.74, 6) is 0. The van der Waals surface area contributed by atoms with Gasteiger partial charge in [0.25, 0.3) is 0 Å². The normalized spacial score (nSPS) is 11.8. The molecule has 0 aliphatic heterocycles. The number of rotatable bonds is 4. The maximum Gasteiger partial charge on any atom is 0.141 e. The van der Waals surface area contributed by atoms with Crippen molar-refractivity contribution in [2.24, 2.45) is 0 Å². The summed E-state index contributed by atoms with van der Waals surface area (Å²) in [5.41, 5.74) is 12.9. The number of hydrogen-bond acceptors (Lipinski definition) is 7. The van der Waals surface area contributed by atoms with Gasteiger partial charge in [-0.05, 0) is 78.9 Å². The van der Waals surface area contributed by atoms with Crippen LogP contribution < -0.4 is 0 Å². The Morgan fingerprint density at radius 2 is 0.762 bits per heavy atom. The maximum absolute atomic E-state index is 9.76. The van der Waals surface area contributed by atoms with E-state index in [9.17, 15) is 10.5 Å². The summed E-state index contributed by atoms with van der Waals surface area (Å²) in [4.78, 5) is 20.2. The summed E-state index contributed by atoms with van der Waals surface area (Å²) in [6.07, 6.45) is 0. The molecule has 13 rings (SSSR count). The molecule has 0 bridgehead atoms. The summed E-state index contributed by atoms with van der Waals surface area (Å²) in [6.45, 7) is 0. The van der Waals surface area contributed by atoms with E-state index < -0.39 is 0 Å². The molecule has 0 aliphatic rings. The van der Waals surface area contributed by atoms with Gasteiger partial charge in [0.15, 0.2) is 0 Å². The van der Waals surface area contributed by atoms with E-state index in [1.54, 1.807) is 23.5 Å². The summed E-state index contributed by atoms with van der Waals surface area (Å²) in [6, 6.07) is 62.8. The second-order valence-electron chi connectivity index (χ2n) is 15.6. The first-order chi connectivity index (χ1) is 31.2. The number of nitriles is 2. The van der Waals surface area contributed by atoms with Gasteiger partial charge in [0.2, 0.25) is 0 Å². The van der Waals surface area contributed by atoms with Gasteiger partial charge in [0, 0.05) is 52.8 Å². The highest BCUT2D eigenvalue weighted by atomic mass is 32.1. The van der Waals surface area contributed by atoms with Crippen molar-refractivity contribution in [2.45, 2.75) is 0 Å². The van der Waals surface area contributed by atoms with Crippen LogP contribution >= 0.6 is 11.3 Å². The molecule has 0 saturated carbocycles. The molecule has 7 aromatic heterocycles. The molecule has 0 saturated heterocycles. The molecule has 290 valence electrons. The first kappa shape index (κ1) is 35.0. The Labute approximate surface area is 362 Å². The van der Waals surface area contributed by atoms with E-state index in [1.165, 1.54) is 0 Å². The average molecular weight is 821 g/mol. The van der Waals surface area contributed by atoms with Gasteiger partial charge in [-0.3, -0.25) is 0 Å². The van der Waals surface area contributed by atoms with E-state index in [4.69, 9.17) is 9.97 Å². The molecule has 9 heteroatoms. The molecule has 0 radical (unpaired) electrons. The van der Waals surface area contributed by atoms with E-state index in [1.807, 2.05) is 24.3 Å². The minimum absolute atomic E-state index is 0.342. The predicted molar refractivity (Wildman–Crippen MR) is 255 cm³/mol. The third-order valence-electron chi connectivity index (χ3n) is 12.2. The van der Waals surface area contributed by atoms with Crippen molar-refractivity contribution in [1.29, 1.82) is 10.5 Å². The Morgan fingerprint density at radius 1 is 0.381 bits per heavy atom. The maximum atomic E-state index is 9.76. The van der Waals surface area contributed by atoms with E-state index in [0.29, 0.717) is 33.5 Å². The largest absolute Gasteiger partial charge is 0.306 e. The second kappa shape index (κ2) is 13.4. The fourth-order valence-corrected chi connectivity index (χ4v) is 10.9. The molecule has 8 nitrogen and oxygen atoms in total. The molecule has 0 unspecified atom stereocenters. The van der Waals surface area contributed by atoms with Crippen molar-refractivity contribution in [3.63, 3.8) is 0 Å². The fraction of sp³-hybridized carbons (Fsp3) is 0. The van der Waals surface area contributed by atoms with E-state index in [-0.39, 0.29) is 0 Å². The number of benzene rings is 6. The van der Waals surface area contributed by atoms with Crippen molar-refractivity contribution in [1.82, 2.24) is 29.1 Å². The highest BCUT2D eigenvalue weighted by Crippen LogP contribution is 2.53. The Balaban J connectivity index is 1.34. The van der Waals surface area contributed by atoms with Crippen LogP contribution in [0, 0.1) is 22.7 Å². The van der Waals surface area contributed by atoms with E-state index >= 15 is 0 Å². The molecular formula is C54H28N8S. The molecule has 0 N–H and O–H groups in total. The molecular weight excluding hydrogens is 793 g/mol. The van der Waals surface area contributed by atoms with Gasteiger partial charge >= 0.3 is 0 Å². The van der Waals surface area contributed by atoms with Crippen LogP contribution in [0.4, 0.5) is 0 Å². The zero-order valence-corrected chi connectivity index (χ0v) is 34.0. The standard InChI is InChI=1S/C54H28N8S/c55-29-31-21-23-40-38(57-31)25-27-42(59-40)50-49-37-15-5-10-20-48(37)63-54(49)51(43-28-26-39-41(60-43)24-22-32(30-56)58-39)53(62-46-18-8-3-13-35(46)36-14-4-9-19-47(36)62)52(50)61-44-16-6-1-11-33(44)34-12-2-7-17-45(34)61/h1-28H. The summed E-state index contributed by atoms with van der Waals surface area (Å²) in [7, 11) is 0. The lowest BCUT2D eigenvalue weighted by Gasteiger charge is -2.25.